The van der Waals surface area contributed by atoms with Crippen molar-refractivity contribution in [2.24, 2.45) is 0 Å². The summed E-state index contributed by atoms with van der Waals surface area (Å²) in [5.74, 6) is 0.789. The second-order valence-corrected chi connectivity index (χ2v) is 7.27. The summed E-state index contributed by atoms with van der Waals surface area (Å²) >= 11 is 0. The van der Waals surface area contributed by atoms with Crippen LogP contribution in [0.4, 0.5) is 23.7 Å². The molecular formula is C21H21F3N6O. The number of halogens is 3. The Hall–Kier alpha value is -3.40. The van der Waals surface area contributed by atoms with E-state index in [2.05, 4.69) is 20.2 Å². The molecule has 0 unspecified atom stereocenters. The maximum absolute atomic E-state index is 12.8. The van der Waals surface area contributed by atoms with Crippen LogP contribution in [-0.2, 0) is 12.7 Å². The number of hydrogen-bond acceptors (Lipinski definition) is 4. The van der Waals surface area contributed by atoms with Crippen LogP contribution in [0.1, 0.15) is 11.1 Å². The molecule has 0 bridgehead atoms. The lowest BCUT2D eigenvalue weighted by atomic mass is 10.2. The number of pyridine rings is 1. The summed E-state index contributed by atoms with van der Waals surface area (Å²) in [6, 6.07) is 8.18. The number of anilines is 1. The average molecular weight is 430 g/mol. The van der Waals surface area contributed by atoms with Gasteiger partial charge >= 0.3 is 12.2 Å². The Balaban J connectivity index is 1.28. The van der Waals surface area contributed by atoms with E-state index in [-0.39, 0.29) is 5.69 Å². The molecular weight excluding hydrogens is 409 g/mol. The summed E-state index contributed by atoms with van der Waals surface area (Å²) in [5.41, 5.74) is 0.403. The highest BCUT2D eigenvalue weighted by atomic mass is 19.4. The van der Waals surface area contributed by atoms with E-state index in [1.807, 2.05) is 29.1 Å². The van der Waals surface area contributed by atoms with E-state index < -0.39 is 17.8 Å². The maximum atomic E-state index is 12.8. The second-order valence-electron chi connectivity index (χ2n) is 7.27. The van der Waals surface area contributed by atoms with Crippen LogP contribution in [0.2, 0.25) is 0 Å². The number of rotatable bonds is 4. The third-order valence-electron chi connectivity index (χ3n) is 5.08. The van der Waals surface area contributed by atoms with Crippen molar-refractivity contribution in [3.05, 3.63) is 72.4 Å². The van der Waals surface area contributed by atoms with Gasteiger partial charge in [-0.2, -0.15) is 13.2 Å². The van der Waals surface area contributed by atoms with Gasteiger partial charge in [0.1, 0.15) is 12.1 Å². The molecule has 0 spiro atoms. The molecule has 4 rings (SSSR count). The summed E-state index contributed by atoms with van der Waals surface area (Å²) < 4.78 is 40.3. The Labute approximate surface area is 177 Å². The number of amides is 2. The quantitative estimate of drug-likeness (QED) is 0.687. The molecule has 162 valence electrons. The van der Waals surface area contributed by atoms with Crippen LogP contribution >= 0.6 is 0 Å². The minimum absolute atomic E-state index is 0.131. The minimum Gasteiger partial charge on any atom is -0.322 e. The van der Waals surface area contributed by atoms with Crippen molar-refractivity contribution in [2.75, 3.05) is 31.5 Å². The molecule has 2 aromatic heterocycles. The van der Waals surface area contributed by atoms with Crippen LogP contribution in [0.3, 0.4) is 0 Å². The van der Waals surface area contributed by atoms with Crippen LogP contribution in [0.25, 0.3) is 5.82 Å². The predicted molar refractivity (Wildman–Crippen MR) is 109 cm³/mol. The first-order valence-corrected chi connectivity index (χ1v) is 9.77. The Morgan fingerprint density at radius 2 is 1.90 bits per heavy atom. The van der Waals surface area contributed by atoms with Crippen molar-refractivity contribution >= 4 is 11.7 Å². The number of nitrogens with zero attached hydrogens (tertiary/aromatic N) is 5. The van der Waals surface area contributed by atoms with Gasteiger partial charge in [-0.15, -0.1) is 0 Å². The molecule has 1 aliphatic heterocycles. The van der Waals surface area contributed by atoms with E-state index in [4.69, 9.17) is 0 Å². The molecule has 1 saturated heterocycles. The van der Waals surface area contributed by atoms with Gasteiger partial charge in [0.2, 0.25) is 0 Å². The number of nitrogens with one attached hydrogen (secondary N) is 1. The summed E-state index contributed by atoms with van der Waals surface area (Å²) in [5, 5.41) is 2.56. The fourth-order valence-corrected chi connectivity index (χ4v) is 3.40. The van der Waals surface area contributed by atoms with Gasteiger partial charge in [0, 0.05) is 57.0 Å². The van der Waals surface area contributed by atoms with Gasteiger partial charge in [-0.1, -0.05) is 12.1 Å². The lowest BCUT2D eigenvalue weighted by Crippen LogP contribution is -2.49. The smallest absolute Gasteiger partial charge is 0.322 e. The summed E-state index contributed by atoms with van der Waals surface area (Å²) in [4.78, 5) is 24.7. The van der Waals surface area contributed by atoms with Gasteiger partial charge in [-0.3, -0.25) is 9.47 Å². The SMILES string of the molecule is O=C(Nc1cccc(C(F)(F)F)c1)N1CCN(Cc2ccc(-n3ccnc3)nc2)CC1. The number of carbonyl (C=O) groups is 1. The van der Waals surface area contributed by atoms with Gasteiger partial charge in [-0.25, -0.2) is 14.8 Å². The fourth-order valence-electron chi connectivity index (χ4n) is 3.40. The molecule has 3 heterocycles. The number of aromatic nitrogens is 3. The highest BCUT2D eigenvalue weighted by Crippen LogP contribution is 2.30. The standard InChI is InChI=1S/C21H21F3N6O/c22-21(23,24)17-2-1-3-18(12-17)27-20(31)29-10-8-28(9-11-29)14-16-4-5-19(26-13-16)30-7-6-25-15-30/h1-7,12-13,15H,8-11,14H2,(H,27,31). The number of alkyl halides is 3. The molecule has 10 heteroatoms. The molecule has 1 N–H and O–H groups in total. The van der Waals surface area contributed by atoms with Gasteiger partial charge in [-0.05, 0) is 29.8 Å². The zero-order chi connectivity index (χ0) is 21.8. The molecule has 0 radical (unpaired) electrons. The average Bonchev–Trinajstić information content (AvgIpc) is 3.29. The maximum Gasteiger partial charge on any atom is 0.416 e. The van der Waals surface area contributed by atoms with Crippen molar-refractivity contribution in [2.45, 2.75) is 12.7 Å². The van der Waals surface area contributed by atoms with Crippen molar-refractivity contribution in [1.82, 2.24) is 24.3 Å². The summed E-state index contributed by atoms with van der Waals surface area (Å²) in [7, 11) is 0. The number of hydrogen-bond donors (Lipinski definition) is 1. The van der Waals surface area contributed by atoms with Crippen LogP contribution in [0.5, 0.6) is 0 Å². The van der Waals surface area contributed by atoms with Crippen LogP contribution in [0, 0.1) is 0 Å². The van der Waals surface area contributed by atoms with Crippen molar-refractivity contribution in [3.8, 4) is 5.82 Å². The van der Waals surface area contributed by atoms with E-state index in [1.54, 1.807) is 17.4 Å². The first-order valence-electron chi connectivity index (χ1n) is 9.77. The third kappa shape index (κ3) is 5.21. The van der Waals surface area contributed by atoms with Crippen molar-refractivity contribution < 1.29 is 18.0 Å². The second kappa shape index (κ2) is 8.76. The van der Waals surface area contributed by atoms with Crippen LogP contribution < -0.4 is 5.32 Å². The van der Waals surface area contributed by atoms with E-state index in [0.717, 1.165) is 23.5 Å². The number of carbonyl (C=O) groups excluding carboxylic acids is 1. The lowest BCUT2D eigenvalue weighted by molar-refractivity contribution is -0.137. The predicted octanol–water partition coefficient (Wildman–Crippen LogP) is 3.64. The number of imidazole rings is 1. The number of benzene rings is 1. The molecule has 31 heavy (non-hydrogen) atoms. The normalized spacial score (nSPS) is 15.1. The molecule has 7 nitrogen and oxygen atoms in total. The molecule has 1 aromatic carbocycles. The summed E-state index contributed by atoms with van der Waals surface area (Å²) in [6.07, 6.45) is 2.58. The van der Waals surface area contributed by atoms with Crippen LogP contribution in [-0.4, -0.2) is 56.5 Å². The van der Waals surface area contributed by atoms with Crippen LogP contribution in [0.15, 0.2) is 61.3 Å². The molecule has 2 amide bonds. The van der Waals surface area contributed by atoms with Gasteiger partial charge in [0.15, 0.2) is 0 Å². The first kappa shape index (κ1) is 20.9. The molecule has 1 aliphatic rings. The third-order valence-corrected chi connectivity index (χ3v) is 5.08. The molecule has 1 fully saturated rings. The monoisotopic (exact) mass is 430 g/mol. The largest absolute Gasteiger partial charge is 0.416 e. The molecule has 0 aliphatic carbocycles. The van der Waals surface area contributed by atoms with Gasteiger partial charge in [0.25, 0.3) is 0 Å². The fraction of sp³-hybridized carbons (Fsp3) is 0.286. The van der Waals surface area contributed by atoms with Gasteiger partial charge in [0.05, 0.1) is 5.56 Å². The first-order chi connectivity index (χ1) is 14.9. The Kier molecular flexibility index (Phi) is 5.90. The molecule has 0 saturated carbocycles. The number of piperazine rings is 1. The van der Waals surface area contributed by atoms with E-state index in [1.165, 1.54) is 12.1 Å². The topological polar surface area (TPSA) is 66.3 Å². The van der Waals surface area contributed by atoms with E-state index >= 15 is 0 Å². The zero-order valence-corrected chi connectivity index (χ0v) is 16.6. The Morgan fingerprint density at radius 1 is 1.10 bits per heavy atom. The molecule has 3 aromatic rings. The summed E-state index contributed by atoms with van der Waals surface area (Å²) in [6.45, 7) is 3.02. The van der Waals surface area contributed by atoms with Gasteiger partial charge < -0.3 is 10.2 Å². The molecule has 0 atom stereocenters. The van der Waals surface area contributed by atoms with E-state index in [9.17, 15) is 18.0 Å². The highest BCUT2D eigenvalue weighted by Gasteiger charge is 2.30. The number of urea groups is 1. The van der Waals surface area contributed by atoms with Crippen molar-refractivity contribution in [1.29, 1.82) is 0 Å². The van der Waals surface area contributed by atoms with Crippen molar-refractivity contribution in [3.63, 3.8) is 0 Å². The highest BCUT2D eigenvalue weighted by molar-refractivity contribution is 5.89. The zero-order valence-electron chi connectivity index (χ0n) is 16.6. The minimum atomic E-state index is -4.45. The van der Waals surface area contributed by atoms with E-state index in [0.29, 0.717) is 32.7 Å². The Morgan fingerprint density at radius 3 is 2.55 bits per heavy atom. The Bertz CT molecular complexity index is 1010. The lowest BCUT2D eigenvalue weighted by Gasteiger charge is -2.34.